The van der Waals surface area contributed by atoms with Crippen LogP contribution in [0.3, 0.4) is 0 Å². The van der Waals surface area contributed by atoms with Crippen LogP contribution in [0.15, 0.2) is 60.8 Å². The first-order chi connectivity index (χ1) is 16.3. The number of rotatable bonds is 5. The predicted octanol–water partition coefficient (Wildman–Crippen LogP) is 4.57. The normalized spacial score (nSPS) is 17.8. The molecular formula is C25H25ClFN5O2. The summed E-state index contributed by atoms with van der Waals surface area (Å²) in [4.78, 5) is 31.9. The van der Waals surface area contributed by atoms with Crippen LogP contribution in [0.1, 0.15) is 34.6 Å². The van der Waals surface area contributed by atoms with Crippen molar-refractivity contribution in [1.29, 1.82) is 0 Å². The third-order valence-electron chi connectivity index (χ3n) is 5.45. The maximum atomic E-state index is 13.4. The third-order valence-corrected chi connectivity index (χ3v) is 5.78. The summed E-state index contributed by atoms with van der Waals surface area (Å²) in [5, 5.41) is 9.20. The number of nitrogens with one attached hydrogen (secondary N) is 3. The quantitative estimate of drug-likeness (QED) is 0.497. The molecule has 176 valence electrons. The monoisotopic (exact) mass is 481 g/mol. The van der Waals surface area contributed by atoms with E-state index in [1.54, 1.807) is 30.5 Å². The van der Waals surface area contributed by atoms with Crippen molar-refractivity contribution in [3.05, 3.63) is 82.8 Å². The molecule has 0 radical (unpaired) electrons. The molecule has 34 heavy (non-hydrogen) atoms. The molecule has 1 aromatic heterocycles. The van der Waals surface area contributed by atoms with Crippen LogP contribution in [0, 0.1) is 5.82 Å². The average Bonchev–Trinajstić information content (AvgIpc) is 2.80. The van der Waals surface area contributed by atoms with E-state index in [2.05, 4.69) is 39.7 Å². The van der Waals surface area contributed by atoms with Crippen LogP contribution in [0.2, 0.25) is 5.02 Å². The lowest BCUT2D eigenvalue weighted by Crippen LogP contribution is -2.54. The maximum absolute atomic E-state index is 13.4. The number of carbonyl (C=O) groups is 2. The molecule has 0 bridgehead atoms. The zero-order chi connectivity index (χ0) is 24.2. The van der Waals surface area contributed by atoms with Crippen molar-refractivity contribution >= 4 is 40.6 Å². The van der Waals surface area contributed by atoms with E-state index in [-0.39, 0.29) is 16.5 Å². The Hall–Kier alpha value is -3.49. The van der Waals surface area contributed by atoms with Gasteiger partial charge in [-0.2, -0.15) is 0 Å². The summed E-state index contributed by atoms with van der Waals surface area (Å²) in [5.74, 6) is -0.544. The molecule has 1 aliphatic rings. The number of hydrogen-bond acceptors (Lipinski definition) is 5. The lowest BCUT2D eigenvalue weighted by atomic mass is 10.1. The zero-order valence-electron chi connectivity index (χ0n) is 18.8. The number of aromatic nitrogens is 1. The predicted molar refractivity (Wildman–Crippen MR) is 132 cm³/mol. The highest BCUT2D eigenvalue weighted by molar-refractivity contribution is 6.34. The van der Waals surface area contributed by atoms with E-state index in [1.165, 1.54) is 18.2 Å². The van der Waals surface area contributed by atoms with Gasteiger partial charge in [0.1, 0.15) is 11.6 Å². The first-order valence-electron chi connectivity index (χ1n) is 10.9. The number of benzene rings is 2. The van der Waals surface area contributed by atoms with E-state index in [1.807, 2.05) is 6.07 Å². The van der Waals surface area contributed by atoms with Gasteiger partial charge >= 0.3 is 0 Å². The van der Waals surface area contributed by atoms with Crippen molar-refractivity contribution < 1.29 is 14.0 Å². The summed E-state index contributed by atoms with van der Waals surface area (Å²) in [6, 6.07) is 14.4. The van der Waals surface area contributed by atoms with E-state index in [0.717, 1.165) is 25.0 Å². The number of halogens is 2. The average molecular weight is 482 g/mol. The Bertz CT molecular complexity index is 1190. The van der Waals surface area contributed by atoms with Crippen LogP contribution in [0.5, 0.6) is 0 Å². The first kappa shape index (κ1) is 23.7. The summed E-state index contributed by atoms with van der Waals surface area (Å²) in [5.41, 5.74) is 1.30. The van der Waals surface area contributed by atoms with Crippen molar-refractivity contribution in [3.63, 3.8) is 0 Å². The number of hydrogen-bond donors (Lipinski definition) is 3. The van der Waals surface area contributed by atoms with Crippen LogP contribution >= 0.6 is 11.6 Å². The molecule has 2 amide bonds. The molecule has 7 nitrogen and oxygen atoms in total. The summed E-state index contributed by atoms with van der Waals surface area (Å²) >= 11 is 6.20. The van der Waals surface area contributed by atoms with Crippen LogP contribution in [-0.4, -0.2) is 42.0 Å². The van der Waals surface area contributed by atoms with Crippen molar-refractivity contribution in [2.45, 2.75) is 25.9 Å². The summed E-state index contributed by atoms with van der Waals surface area (Å²) in [6.45, 7) is 5.95. The number of piperazine rings is 1. The van der Waals surface area contributed by atoms with Gasteiger partial charge in [0.05, 0.1) is 16.3 Å². The molecule has 3 N–H and O–H groups in total. The Balaban J connectivity index is 1.43. The molecule has 3 aromatic rings. The molecule has 0 spiro atoms. The third kappa shape index (κ3) is 5.70. The molecular weight excluding hydrogens is 457 g/mol. The maximum Gasteiger partial charge on any atom is 0.257 e. The Kier molecular flexibility index (Phi) is 7.09. The van der Waals surface area contributed by atoms with Gasteiger partial charge in [0.2, 0.25) is 0 Å². The number of amides is 2. The highest BCUT2D eigenvalue weighted by Crippen LogP contribution is 2.27. The molecule has 2 heterocycles. The van der Waals surface area contributed by atoms with E-state index in [4.69, 9.17) is 11.6 Å². The molecule has 2 atom stereocenters. The Morgan fingerprint density at radius 2 is 1.74 bits per heavy atom. The van der Waals surface area contributed by atoms with Gasteiger partial charge in [-0.05, 0) is 62.4 Å². The molecule has 0 aliphatic carbocycles. The van der Waals surface area contributed by atoms with Gasteiger partial charge in [-0.15, -0.1) is 0 Å². The van der Waals surface area contributed by atoms with Crippen molar-refractivity contribution in [1.82, 2.24) is 10.3 Å². The molecule has 1 saturated heterocycles. The Morgan fingerprint density at radius 3 is 2.41 bits per heavy atom. The fourth-order valence-corrected chi connectivity index (χ4v) is 4.11. The van der Waals surface area contributed by atoms with Crippen molar-refractivity contribution in [2.75, 3.05) is 28.6 Å². The van der Waals surface area contributed by atoms with Crippen LogP contribution < -0.4 is 20.9 Å². The van der Waals surface area contributed by atoms with Crippen LogP contribution in [-0.2, 0) is 0 Å². The molecule has 1 aliphatic heterocycles. The molecule has 0 saturated carbocycles. The van der Waals surface area contributed by atoms with Gasteiger partial charge in [0, 0.05) is 42.6 Å². The summed E-state index contributed by atoms with van der Waals surface area (Å²) in [6.07, 6.45) is 1.55. The molecule has 4 rings (SSSR count). The Labute approximate surface area is 202 Å². The van der Waals surface area contributed by atoms with Gasteiger partial charge in [-0.3, -0.25) is 9.59 Å². The largest absolute Gasteiger partial charge is 0.354 e. The number of carbonyl (C=O) groups excluding carboxylic acids is 2. The summed E-state index contributed by atoms with van der Waals surface area (Å²) < 4.78 is 13.4. The lowest BCUT2D eigenvalue weighted by molar-refractivity contribution is 0.101. The zero-order valence-corrected chi connectivity index (χ0v) is 19.6. The summed E-state index contributed by atoms with van der Waals surface area (Å²) in [7, 11) is 0. The molecule has 0 unspecified atom stereocenters. The standard InChI is InChI=1S/C25H25ClFN5O2/c1-15-13-32(14-16(2)29-15)23-9-6-18(12-28-23)25(34)30-20-7-8-21(26)22(11-20)31-24(33)17-4-3-5-19(27)10-17/h3-12,15-16,29H,13-14H2,1-2H3,(H,30,34)(H,31,33)/t15-,16+. The van der Waals surface area contributed by atoms with Gasteiger partial charge < -0.3 is 20.9 Å². The minimum Gasteiger partial charge on any atom is -0.354 e. The number of pyridine rings is 1. The second kappa shape index (κ2) is 10.2. The van der Waals surface area contributed by atoms with E-state index in [9.17, 15) is 14.0 Å². The minimum absolute atomic E-state index is 0.157. The first-order valence-corrected chi connectivity index (χ1v) is 11.3. The smallest absolute Gasteiger partial charge is 0.257 e. The van der Waals surface area contributed by atoms with Crippen LogP contribution in [0.4, 0.5) is 21.6 Å². The number of nitrogens with zero attached hydrogens (tertiary/aromatic N) is 2. The SMILES string of the molecule is C[C@@H]1CN(c2ccc(C(=O)Nc3ccc(Cl)c(NC(=O)c4cccc(F)c4)c3)cn2)C[C@H](C)N1. The minimum atomic E-state index is -0.514. The van der Waals surface area contributed by atoms with Gasteiger partial charge in [0.25, 0.3) is 11.8 Å². The van der Waals surface area contributed by atoms with Crippen LogP contribution in [0.25, 0.3) is 0 Å². The lowest BCUT2D eigenvalue weighted by Gasteiger charge is -2.36. The molecule has 9 heteroatoms. The number of anilines is 3. The van der Waals surface area contributed by atoms with E-state index < -0.39 is 11.7 Å². The van der Waals surface area contributed by atoms with E-state index in [0.29, 0.717) is 29.0 Å². The topological polar surface area (TPSA) is 86.4 Å². The van der Waals surface area contributed by atoms with Crippen molar-refractivity contribution in [3.8, 4) is 0 Å². The van der Waals surface area contributed by atoms with Gasteiger partial charge in [-0.25, -0.2) is 9.37 Å². The fourth-order valence-electron chi connectivity index (χ4n) is 3.95. The van der Waals surface area contributed by atoms with Gasteiger partial charge in [-0.1, -0.05) is 17.7 Å². The van der Waals surface area contributed by atoms with Crippen molar-refractivity contribution in [2.24, 2.45) is 0 Å². The second-order valence-electron chi connectivity index (χ2n) is 8.39. The second-order valence-corrected chi connectivity index (χ2v) is 8.80. The highest BCUT2D eigenvalue weighted by atomic mass is 35.5. The Morgan fingerprint density at radius 1 is 1.00 bits per heavy atom. The van der Waals surface area contributed by atoms with E-state index >= 15 is 0 Å². The highest BCUT2D eigenvalue weighted by Gasteiger charge is 2.22. The molecule has 1 fully saturated rings. The fraction of sp³-hybridized carbons (Fsp3) is 0.240. The van der Waals surface area contributed by atoms with Gasteiger partial charge in [0.15, 0.2) is 0 Å². The molecule has 2 aromatic carbocycles.